The van der Waals surface area contributed by atoms with Gasteiger partial charge in [0.05, 0.1) is 19.8 Å². The van der Waals surface area contributed by atoms with Crippen LogP contribution in [0, 0.1) is 5.92 Å². The number of hydrogen-bond donors (Lipinski definition) is 1. The molecule has 0 unspecified atom stereocenters. The molecule has 7 rings (SSSR count). The van der Waals surface area contributed by atoms with Gasteiger partial charge in [0.1, 0.15) is 23.7 Å². The zero-order valence-electron chi connectivity index (χ0n) is 24.5. The summed E-state index contributed by atoms with van der Waals surface area (Å²) in [6.45, 7) is 3.61. The van der Waals surface area contributed by atoms with Gasteiger partial charge in [0.25, 0.3) is 5.79 Å². The summed E-state index contributed by atoms with van der Waals surface area (Å²) in [4.78, 5) is 52.7. The van der Waals surface area contributed by atoms with E-state index in [1.807, 2.05) is 0 Å². The average molecular weight is 611 g/mol. The van der Waals surface area contributed by atoms with Crippen molar-refractivity contribution in [3.63, 3.8) is 0 Å². The van der Waals surface area contributed by atoms with Gasteiger partial charge in [-0.15, -0.1) is 0 Å². The maximum atomic E-state index is 13.7. The van der Waals surface area contributed by atoms with Crippen LogP contribution in [0.5, 0.6) is 17.2 Å². The summed E-state index contributed by atoms with van der Waals surface area (Å²) >= 11 is 0. The Bertz CT molecular complexity index is 1600. The highest BCUT2D eigenvalue weighted by atomic mass is 16.7. The molecule has 4 aliphatic heterocycles. The lowest BCUT2D eigenvalue weighted by Crippen LogP contribution is -2.75. The molecule has 1 fully saturated rings. The number of benzene rings is 2. The van der Waals surface area contributed by atoms with E-state index in [9.17, 15) is 24.3 Å². The lowest BCUT2D eigenvalue weighted by atomic mass is 9.56. The van der Waals surface area contributed by atoms with Gasteiger partial charge >= 0.3 is 23.9 Å². The molecule has 13 nitrogen and oxygen atoms in total. The Morgan fingerprint density at radius 1 is 1.00 bits per heavy atom. The minimum Gasteiger partial charge on any atom is -0.488 e. The average Bonchev–Trinajstić information content (AvgIpc) is 3.65. The number of carbonyl (C=O) groups excluding carboxylic acids is 4. The highest BCUT2D eigenvalue weighted by Gasteiger charge is 2.77. The second kappa shape index (κ2) is 10.2. The van der Waals surface area contributed by atoms with Crippen LogP contribution in [0.25, 0.3) is 0 Å². The van der Waals surface area contributed by atoms with Crippen LogP contribution >= 0.6 is 0 Å². The minimum atomic E-state index is -2.86. The van der Waals surface area contributed by atoms with Crippen molar-refractivity contribution in [3.8, 4) is 17.2 Å². The molecule has 1 spiro atoms. The molecule has 0 aromatic heterocycles. The molecule has 1 N–H and O–H groups in total. The number of fused-ring (bicyclic) bond motifs is 5. The van der Waals surface area contributed by atoms with Crippen molar-refractivity contribution in [1.29, 1.82) is 0 Å². The quantitative estimate of drug-likeness (QED) is 0.298. The number of ether oxygens (including phenoxy) is 8. The summed E-state index contributed by atoms with van der Waals surface area (Å²) in [6.07, 6.45) is -1.54. The maximum Gasteiger partial charge on any atom is 0.367 e. The first-order valence-corrected chi connectivity index (χ1v) is 13.8. The van der Waals surface area contributed by atoms with E-state index in [4.69, 9.17) is 37.9 Å². The van der Waals surface area contributed by atoms with Gasteiger partial charge in [-0.3, -0.25) is 4.79 Å². The fourth-order valence-electron chi connectivity index (χ4n) is 6.68. The zero-order valence-corrected chi connectivity index (χ0v) is 24.5. The summed E-state index contributed by atoms with van der Waals surface area (Å²) in [5, 5.41) is 12.5. The molecule has 232 valence electrons. The molecular weight excluding hydrogens is 580 g/mol. The molecule has 5 aliphatic rings. The molecule has 2 bridgehead atoms. The SMILES string of the molecule is COC(=O)C=C1[C@H](OC(C)=O)[C@@]2(C)O[C@@](O)(C(=O)OC)[C@@]13COc1c4c(cc(c13)[C@H](OC(=O)c1ccccc1)[C@@H]2C)OCO4. The second-order valence-corrected chi connectivity index (χ2v) is 11.1. The molecule has 0 saturated carbocycles. The summed E-state index contributed by atoms with van der Waals surface area (Å²) in [6, 6.07) is 9.87. The van der Waals surface area contributed by atoms with E-state index in [1.165, 1.54) is 6.92 Å². The van der Waals surface area contributed by atoms with Gasteiger partial charge in [-0.05, 0) is 25.1 Å². The molecule has 0 amide bonds. The van der Waals surface area contributed by atoms with E-state index in [-0.39, 0.29) is 46.3 Å². The number of rotatable bonds is 5. The summed E-state index contributed by atoms with van der Waals surface area (Å²) in [5.41, 5.74) is -3.35. The standard InChI is InChI=1S/C31H30O13/c1-15-23(43-27(34)17-9-7-6-8-10-17)18-11-20-24(41-14-40-20)25-22(18)30(13-39-25)19(12-21(33)37-4)26(42-16(2)32)29(15,3)44-31(30,36)28(35)38-5/h6-12,15,23,26,36H,13-14H2,1-5H3/t15-,23+,26-,29-,30-,31-/m0/s1. The monoisotopic (exact) mass is 610 g/mol. The van der Waals surface area contributed by atoms with E-state index in [2.05, 4.69) is 0 Å². The largest absolute Gasteiger partial charge is 0.488 e. The van der Waals surface area contributed by atoms with Crippen molar-refractivity contribution in [3.05, 3.63) is 64.7 Å². The van der Waals surface area contributed by atoms with Crippen LogP contribution in [0.1, 0.15) is 48.4 Å². The lowest BCUT2D eigenvalue weighted by Gasteiger charge is -2.59. The Morgan fingerprint density at radius 3 is 2.39 bits per heavy atom. The Labute approximate surface area is 251 Å². The third-order valence-electron chi connectivity index (χ3n) is 8.88. The van der Waals surface area contributed by atoms with Crippen LogP contribution in [0.3, 0.4) is 0 Å². The highest BCUT2D eigenvalue weighted by molar-refractivity contribution is 5.91. The van der Waals surface area contributed by atoms with Crippen LogP contribution in [-0.4, -0.2) is 74.1 Å². The van der Waals surface area contributed by atoms with E-state index < -0.39 is 65.4 Å². The van der Waals surface area contributed by atoms with Crippen LogP contribution in [0.15, 0.2) is 48.0 Å². The van der Waals surface area contributed by atoms with Crippen LogP contribution < -0.4 is 14.2 Å². The molecule has 2 aromatic rings. The van der Waals surface area contributed by atoms with E-state index in [0.29, 0.717) is 0 Å². The zero-order chi connectivity index (χ0) is 31.6. The Balaban J connectivity index is 1.73. The first-order valence-electron chi connectivity index (χ1n) is 13.8. The van der Waals surface area contributed by atoms with Gasteiger partial charge in [0.15, 0.2) is 17.6 Å². The van der Waals surface area contributed by atoms with Gasteiger partial charge in [0, 0.05) is 35.6 Å². The van der Waals surface area contributed by atoms with Crippen molar-refractivity contribution in [2.75, 3.05) is 27.6 Å². The van der Waals surface area contributed by atoms with Crippen molar-refractivity contribution >= 4 is 23.9 Å². The highest BCUT2D eigenvalue weighted by Crippen LogP contribution is 2.67. The fourth-order valence-corrected chi connectivity index (χ4v) is 6.68. The third kappa shape index (κ3) is 3.92. The molecular formula is C31H30O13. The number of hydrogen-bond acceptors (Lipinski definition) is 13. The number of carbonyl (C=O) groups is 4. The van der Waals surface area contributed by atoms with E-state index >= 15 is 0 Å². The van der Waals surface area contributed by atoms with Crippen LogP contribution in [0.4, 0.5) is 0 Å². The summed E-state index contributed by atoms with van der Waals surface area (Å²) in [5.74, 6) is -6.89. The molecule has 2 aromatic carbocycles. The van der Waals surface area contributed by atoms with E-state index in [1.54, 1.807) is 43.3 Å². The molecule has 6 atom stereocenters. The van der Waals surface area contributed by atoms with Crippen molar-refractivity contribution in [2.45, 2.75) is 49.8 Å². The maximum absolute atomic E-state index is 13.7. The molecule has 44 heavy (non-hydrogen) atoms. The van der Waals surface area contributed by atoms with E-state index in [0.717, 1.165) is 27.2 Å². The van der Waals surface area contributed by atoms with Gasteiger partial charge in [-0.25, -0.2) is 14.4 Å². The number of esters is 4. The van der Waals surface area contributed by atoms with Gasteiger partial charge in [0.2, 0.25) is 12.5 Å². The minimum absolute atomic E-state index is 0.0525. The molecule has 0 radical (unpaired) electrons. The Morgan fingerprint density at radius 2 is 1.73 bits per heavy atom. The molecule has 4 heterocycles. The number of aliphatic hydroxyl groups is 1. The first kappa shape index (κ1) is 29.5. The lowest BCUT2D eigenvalue weighted by molar-refractivity contribution is -0.338. The van der Waals surface area contributed by atoms with Gasteiger partial charge < -0.3 is 43.0 Å². The topological polar surface area (TPSA) is 162 Å². The third-order valence-corrected chi connectivity index (χ3v) is 8.88. The summed E-state index contributed by atoms with van der Waals surface area (Å²) in [7, 11) is 2.21. The van der Waals surface area contributed by atoms with Gasteiger partial charge in [-0.2, -0.15) is 0 Å². The normalized spacial score (nSPS) is 31.7. The summed E-state index contributed by atoms with van der Waals surface area (Å²) < 4.78 is 46.0. The Hall–Kier alpha value is -4.62. The van der Waals surface area contributed by atoms with Crippen LogP contribution in [0.2, 0.25) is 0 Å². The van der Waals surface area contributed by atoms with Crippen LogP contribution in [-0.2, 0) is 43.5 Å². The Kier molecular flexibility index (Phi) is 6.85. The van der Waals surface area contributed by atoms with Gasteiger partial charge in [-0.1, -0.05) is 25.1 Å². The fraction of sp³-hybridized carbons (Fsp3) is 0.419. The molecule has 13 heteroatoms. The first-order chi connectivity index (χ1) is 20.9. The predicted molar refractivity (Wildman–Crippen MR) is 146 cm³/mol. The molecule has 1 aliphatic carbocycles. The van der Waals surface area contributed by atoms with Crippen molar-refractivity contribution < 1.29 is 62.2 Å². The predicted octanol–water partition coefficient (Wildman–Crippen LogP) is 2.27. The smallest absolute Gasteiger partial charge is 0.367 e. The molecule has 1 saturated heterocycles. The van der Waals surface area contributed by atoms with Crippen molar-refractivity contribution in [2.24, 2.45) is 5.92 Å². The van der Waals surface area contributed by atoms with Crippen molar-refractivity contribution in [1.82, 2.24) is 0 Å². The number of methoxy groups -OCH3 is 2. The second-order valence-electron chi connectivity index (χ2n) is 11.1.